The molecule has 0 radical (unpaired) electrons. The summed E-state index contributed by atoms with van der Waals surface area (Å²) in [4.78, 5) is 39.8. The molecule has 0 bridgehead atoms. The summed E-state index contributed by atoms with van der Waals surface area (Å²) in [5.74, 6) is -2.84. The molecule has 4 rings (SSSR count). The zero-order valence-corrected chi connectivity index (χ0v) is 17.0. The van der Waals surface area contributed by atoms with Crippen LogP contribution in [0.2, 0.25) is 0 Å². The molecule has 2 aromatic heterocycles. The van der Waals surface area contributed by atoms with Gasteiger partial charge in [0, 0.05) is 36.7 Å². The van der Waals surface area contributed by atoms with Crippen LogP contribution in [0.15, 0.2) is 36.5 Å². The summed E-state index contributed by atoms with van der Waals surface area (Å²) in [5.41, 5.74) is 1.54. The number of hydrogen-bond acceptors (Lipinski definition) is 7. The Morgan fingerprint density at radius 1 is 1.26 bits per heavy atom. The molecule has 1 atom stereocenters. The number of carbonyl (C=O) groups is 3. The Balaban J connectivity index is 1.53. The van der Waals surface area contributed by atoms with Gasteiger partial charge < -0.3 is 9.47 Å². The van der Waals surface area contributed by atoms with E-state index in [2.05, 4.69) is 15.4 Å². The number of benzene rings is 1. The summed E-state index contributed by atoms with van der Waals surface area (Å²) in [5, 5.41) is 6.69. The van der Waals surface area contributed by atoms with E-state index in [0.29, 0.717) is 16.8 Å². The highest BCUT2D eigenvalue weighted by Gasteiger charge is 2.42. The minimum absolute atomic E-state index is 0.0192. The first-order valence-corrected chi connectivity index (χ1v) is 9.49. The van der Waals surface area contributed by atoms with Gasteiger partial charge in [0.15, 0.2) is 17.5 Å². The molecule has 1 saturated heterocycles. The first-order chi connectivity index (χ1) is 14.6. The lowest BCUT2D eigenvalue weighted by molar-refractivity contribution is -0.160. The summed E-state index contributed by atoms with van der Waals surface area (Å²) in [6.07, 6.45) is 0.294. The standard InChI is InChI=1S/C21H19FN4O5/c1-11(27)12-4-6-15(22)14(8-12)13-5-7-17-23-20(25-26(17)10-13)24-18(28)9-16-19(29)31-21(2,3)30-16/h4-8,10,16H,9H2,1-3H3,(H,24,25,28)/t16-/m1/s1. The molecule has 9 nitrogen and oxygen atoms in total. The van der Waals surface area contributed by atoms with Crippen LogP contribution in [0.4, 0.5) is 10.3 Å². The van der Waals surface area contributed by atoms with Crippen LogP contribution < -0.4 is 5.32 Å². The number of Topliss-reactive ketones (excluding diaryl/α,β-unsaturated/α-hetero) is 1. The third-order valence-electron chi connectivity index (χ3n) is 4.67. The number of amides is 1. The minimum Gasteiger partial charge on any atom is -0.432 e. The number of fused-ring (bicyclic) bond motifs is 1. The third-order valence-corrected chi connectivity index (χ3v) is 4.67. The molecule has 1 aliphatic heterocycles. The highest BCUT2D eigenvalue weighted by Crippen LogP contribution is 2.26. The van der Waals surface area contributed by atoms with Crippen molar-refractivity contribution in [3.05, 3.63) is 47.9 Å². The summed E-state index contributed by atoms with van der Waals surface area (Å²) in [6.45, 7) is 4.57. The predicted molar refractivity (Wildman–Crippen MR) is 107 cm³/mol. The monoisotopic (exact) mass is 426 g/mol. The summed E-state index contributed by atoms with van der Waals surface area (Å²) in [7, 11) is 0. The Hall–Kier alpha value is -3.66. The number of carbonyl (C=O) groups excluding carboxylic acids is 3. The van der Waals surface area contributed by atoms with Crippen molar-refractivity contribution in [2.24, 2.45) is 0 Å². The summed E-state index contributed by atoms with van der Waals surface area (Å²) >= 11 is 0. The van der Waals surface area contributed by atoms with Crippen LogP contribution in [-0.2, 0) is 19.1 Å². The van der Waals surface area contributed by atoms with Crippen molar-refractivity contribution >= 4 is 29.3 Å². The molecule has 1 fully saturated rings. The largest absolute Gasteiger partial charge is 0.432 e. The quantitative estimate of drug-likeness (QED) is 0.493. The average molecular weight is 426 g/mol. The molecule has 10 heteroatoms. The Morgan fingerprint density at radius 3 is 2.71 bits per heavy atom. The van der Waals surface area contributed by atoms with Gasteiger partial charge in [-0.1, -0.05) is 0 Å². The molecule has 160 valence electrons. The number of esters is 1. The molecule has 3 aromatic rings. The Labute approximate surface area is 176 Å². The number of cyclic esters (lactones) is 1. The highest BCUT2D eigenvalue weighted by molar-refractivity contribution is 5.95. The van der Waals surface area contributed by atoms with Crippen LogP contribution in [0.3, 0.4) is 0 Å². The van der Waals surface area contributed by atoms with Crippen molar-refractivity contribution in [2.45, 2.75) is 39.1 Å². The van der Waals surface area contributed by atoms with Crippen molar-refractivity contribution in [2.75, 3.05) is 5.32 Å². The maximum Gasteiger partial charge on any atom is 0.338 e. The molecule has 1 aromatic carbocycles. The normalized spacial score (nSPS) is 17.5. The van der Waals surface area contributed by atoms with Crippen LogP contribution in [-0.4, -0.2) is 44.1 Å². The number of aromatic nitrogens is 3. The topological polar surface area (TPSA) is 112 Å². The fraction of sp³-hybridized carbons (Fsp3) is 0.286. The van der Waals surface area contributed by atoms with Gasteiger partial charge in [-0.25, -0.2) is 13.7 Å². The lowest BCUT2D eigenvalue weighted by Gasteiger charge is -2.14. The maximum absolute atomic E-state index is 14.3. The number of pyridine rings is 1. The molecule has 0 spiro atoms. The number of rotatable bonds is 5. The van der Waals surface area contributed by atoms with Gasteiger partial charge in [-0.2, -0.15) is 4.98 Å². The lowest BCUT2D eigenvalue weighted by atomic mass is 10.0. The fourth-order valence-electron chi connectivity index (χ4n) is 3.25. The van der Waals surface area contributed by atoms with E-state index in [9.17, 15) is 18.8 Å². The average Bonchev–Trinajstić information content (AvgIpc) is 3.19. The van der Waals surface area contributed by atoms with Crippen LogP contribution in [0.25, 0.3) is 16.8 Å². The Bertz CT molecular complexity index is 1220. The van der Waals surface area contributed by atoms with Crippen LogP contribution >= 0.6 is 0 Å². The SMILES string of the molecule is CC(=O)c1ccc(F)c(-c2ccc3nc(NC(=O)C[C@H]4OC(C)(C)OC4=O)nn3c2)c1. The van der Waals surface area contributed by atoms with Gasteiger partial charge in [0.2, 0.25) is 17.6 Å². The van der Waals surface area contributed by atoms with E-state index in [1.807, 2.05) is 0 Å². The second-order valence-electron chi connectivity index (χ2n) is 7.59. The summed E-state index contributed by atoms with van der Waals surface area (Å²) in [6, 6.07) is 7.38. The number of hydrogen-bond donors (Lipinski definition) is 1. The molecular weight excluding hydrogens is 407 g/mol. The van der Waals surface area contributed by atoms with Gasteiger partial charge in [-0.05, 0) is 37.3 Å². The van der Waals surface area contributed by atoms with E-state index in [4.69, 9.17) is 9.47 Å². The molecule has 0 aliphatic carbocycles. The number of ketones is 1. The molecule has 1 aliphatic rings. The van der Waals surface area contributed by atoms with Crippen molar-refractivity contribution in [3.8, 4) is 11.1 Å². The number of nitrogens with zero attached hydrogens (tertiary/aromatic N) is 3. The number of halogens is 1. The molecular formula is C21H19FN4O5. The Morgan fingerprint density at radius 2 is 2.03 bits per heavy atom. The summed E-state index contributed by atoms with van der Waals surface area (Å²) < 4.78 is 26.1. The highest BCUT2D eigenvalue weighted by atomic mass is 19.1. The molecule has 3 heterocycles. The van der Waals surface area contributed by atoms with Gasteiger partial charge in [0.05, 0.1) is 6.42 Å². The van der Waals surface area contributed by atoms with Gasteiger partial charge >= 0.3 is 5.97 Å². The predicted octanol–water partition coefficient (Wildman–Crippen LogP) is 2.74. The van der Waals surface area contributed by atoms with Crippen LogP contribution in [0.1, 0.15) is 37.6 Å². The molecule has 1 N–H and O–H groups in total. The van der Waals surface area contributed by atoms with Gasteiger partial charge in [-0.15, -0.1) is 5.10 Å². The molecule has 31 heavy (non-hydrogen) atoms. The first kappa shape index (κ1) is 20.6. The second-order valence-corrected chi connectivity index (χ2v) is 7.59. The van der Waals surface area contributed by atoms with Crippen molar-refractivity contribution in [1.29, 1.82) is 0 Å². The fourth-order valence-corrected chi connectivity index (χ4v) is 3.25. The van der Waals surface area contributed by atoms with E-state index in [0.717, 1.165) is 0 Å². The van der Waals surface area contributed by atoms with Crippen LogP contribution in [0, 0.1) is 5.82 Å². The zero-order valence-electron chi connectivity index (χ0n) is 17.0. The number of ether oxygens (including phenoxy) is 2. The lowest BCUT2D eigenvalue weighted by Crippen LogP contribution is -2.26. The van der Waals surface area contributed by atoms with Gasteiger partial charge in [-0.3, -0.25) is 14.9 Å². The van der Waals surface area contributed by atoms with E-state index >= 15 is 0 Å². The molecule has 1 amide bonds. The number of nitrogens with one attached hydrogen (secondary N) is 1. The molecule has 0 unspecified atom stereocenters. The zero-order chi connectivity index (χ0) is 22.3. The maximum atomic E-state index is 14.3. The minimum atomic E-state index is -1.07. The van der Waals surface area contributed by atoms with Gasteiger partial charge in [0.25, 0.3) is 0 Å². The number of anilines is 1. The van der Waals surface area contributed by atoms with Crippen molar-refractivity contribution < 1.29 is 28.2 Å². The molecule has 0 saturated carbocycles. The van der Waals surface area contributed by atoms with E-state index in [1.165, 1.54) is 29.6 Å². The van der Waals surface area contributed by atoms with Crippen molar-refractivity contribution in [1.82, 2.24) is 14.6 Å². The smallest absolute Gasteiger partial charge is 0.338 e. The first-order valence-electron chi connectivity index (χ1n) is 9.49. The van der Waals surface area contributed by atoms with E-state index in [-0.39, 0.29) is 23.7 Å². The van der Waals surface area contributed by atoms with Crippen LogP contribution in [0.5, 0.6) is 0 Å². The van der Waals surface area contributed by atoms with Crippen molar-refractivity contribution in [3.63, 3.8) is 0 Å². The van der Waals surface area contributed by atoms with E-state index in [1.54, 1.807) is 32.2 Å². The Kier molecular flexibility index (Phi) is 5.02. The second kappa shape index (κ2) is 7.55. The van der Waals surface area contributed by atoms with E-state index < -0.39 is 29.6 Å². The third kappa shape index (κ3) is 4.29. The van der Waals surface area contributed by atoms with Gasteiger partial charge in [0.1, 0.15) is 5.82 Å².